The van der Waals surface area contributed by atoms with E-state index in [4.69, 9.17) is 5.11 Å². The molecule has 2 rings (SSSR count). The summed E-state index contributed by atoms with van der Waals surface area (Å²) >= 11 is 0. The molecule has 2 aromatic rings. The van der Waals surface area contributed by atoms with Gasteiger partial charge in [0.1, 0.15) is 0 Å². The summed E-state index contributed by atoms with van der Waals surface area (Å²) in [5.74, 6) is -2.19. The number of hydrogen-bond donors (Lipinski definition) is 2. The zero-order valence-electron chi connectivity index (χ0n) is 11.8. The second-order valence-electron chi connectivity index (χ2n) is 4.56. The van der Waals surface area contributed by atoms with Gasteiger partial charge in [0.2, 0.25) is 0 Å². The number of carboxylic acids is 1. The van der Waals surface area contributed by atoms with E-state index in [2.05, 4.69) is 5.32 Å². The molecule has 0 aliphatic carbocycles. The third kappa shape index (κ3) is 3.50. The van der Waals surface area contributed by atoms with Gasteiger partial charge >= 0.3 is 5.97 Å². The largest absolute Gasteiger partial charge is 0.478 e. The number of carbonyl (C=O) groups is 2. The van der Waals surface area contributed by atoms with Crippen LogP contribution in [0.25, 0.3) is 0 Å². The van der Waals surface area contributed by atoms with Crippen molar-refractivity contribution in [3.8, 4) is 0 Å². The van der Waals surface area contributed by atoms with Crippen molar-refractivity contribution >= 4 is 28.9 Å². The van der Waals surface area contributed by atoms with Crippen molar-refractivity contribution in [3.63, 3.8) is 0 Å². The van der Waals surface area contributed by atoms with Crippen LogP contribution in [0.15, 0.2) is 42.5 Å². The molecule has 0 fully saturated rings. The molecule has 0 saturated carbocycles. The quantitative estimate of drug-likeness (QED) is 0.630. The zero-order valence-corrected chi connectivity index (χ0v) is 11.8. The second-order valence-corrected chi connectivity index (χ2v) is 4.56. The van der Waals surface area contributed by atoms with Crippen LogP contribution < -0.4 is 5.32 Å². The molecule has 0 aliphatic heterocycles. The minimum Gasteiger partial charge on any atom is -0.478 e. The Bertz CT molecular complexity index is 831. The molecule has 2 aromatic carbocycles. The van der Waals surface area contributed by atoms with Crippen molar-refractivity contribution in [1.82, 2.24) is 0 Å². The van der Waals surface area contributed by atoms with Crippen molar-refractivity contribution in [3.05, 3.63) is 73.8 Å². The lowest BCUT2D eigenvalue weighted by Gasteiger charge is -2.08. The molecule has 0 radical (unpaired) electrons. The van der Waals surface area contributed by atoms with Gasteiger partial charge in [0.15, 0.2) is 0 Å². The van der Waals surface area contributed by atoms with Crippen molar-refractivity contribution in [2.75, 3.05) is 5.32 Å². The Kier molecular flexibility index (Phi) is 4.50. The number of carbonyl (C=O) groups excluding carboxylic acids is 1. The number of carboxylic acid groups (broad SMARTS) is 1. The summed E-state index contributed by atoms with van der Waals surface area (Å²) < 4.78 is 0. The van der Waals surface area contributed by atoms with Crippen molar-refractivity contribution < 1.29 is 24.5 Å². The van der Waals surface area contributed by atoms with Crippen LogP contribution in [0.3, 0.4) is 0 Å². The molecule has 10 nitrogen and oxygen atoms in total. The van der Waals surface area contributed by atoms with Crippen LogP contribution in [0, 0.1) is 20.2 Å². The predicted molar refractivity (Wildman–Crippen MR) is 81.1 cm³/mol. The molecule has 0 bridgehead atoms. The van der Waals surface area contributed by atoms with E-state index in [0.717, 1.165) is 18.2 Å². The summed E-state index contributed by atoms with van der Waals surface area (Å²) in [6, 6.07) is 7.98. The number of benzene rings is 2. The first kappa shape index (κ1) is 16.5. The van der Waals surface area contributed by atoms with Gasteiger partial charge in [-0.25, -0.2) is 4.79 Å². The number of nitrogens with one attached hydrogen (secondary N) is 1. The van der Waals surface area contributed by atoms with E-state index in [-0.39, 0.29) is 16.8 Å². The van der Waals surface area contributed by atoms with E-state index in [0.29, 0.717) is 0 Å². The van der Waals surface area contributed by atoms with Crippen LogP contribution in [0.4, 0.5) is 17.1 Å². The lowest BCUT2D eigenvalue weighted by Crippen LogP contribution is -2.15. The third-order valence-corrected chi connectivity index (χ3v) is 2.99. The molecule has 0 unspecified atom stereocenters. The molecule has 0 aromatic heterocycles. The predicted octanol–water partition coefficient (Wildman–Crippen LogP) is 2.45. The van der Waals surface area contributed by atoms with Gasteiger partial charge in [-0.15, -0.1) is 0 Å². The highest BCUT2D eigenvalue weighted by molar-refractivity contribution is 6.08. The maximum absolute atomic E-state index is 12.2. The van der Waals surface area contributed by atoms with E-state index >= 15 is 0 Å². The first-order chi connectivity index (χ1) is 11.3. The lowest BCUT2D eigenvalue weighted by molar-refractivity contribution is -0.394. The van der Waals surface area contributed by atoms with Gasteiger partial charge in [-0.3, -0.25) is 25.0 Å². The van der Waals surface area contributed by atoms with Crippen molar-refractivity contribution in [1.29, 1.82) is 0 Å². The van der Waals surface area contributed by atoms with E-state index in [9.17, 15) is 29.8 Å². The van der Waals surface area contributed by atoms with Crippen LogP contribution >= 0.6 is 0 Å². The number of rotatable bonds is 5. The zero-order chi connectivity index (χ0) is 17.9. The molecule has 0 atom stereocenters. The summed E-state index contributed by atoms with van der Waals surface area (Å²) in [7, 11) is 0. The average molecular weight is 331 g/mol. The first-order valence-electron chi connectivity index (χ1n) is 6.37. The molecule has 24 heavy (non-hydrogen) atoms. The summed E-state index contributed by atoms with van der Waals surface area (Å²) in [6.07, 6.45) is 0. The second kappa shape index (κ2) is 6.52. The van der Waals surface area contributed by atoms with Crippen LogP contribution in [0.1, 0.15) is 20.7 Å². The van der Waals surface area contributed by atoms with Crippen LogP contribution in [-0.2, 0) is 0 Å². The third-order valence-electron chi connectivity index (χ3n) is 2.99. The monoisotopic (exact) mass is 331 g/mol. The Hall–Kier alpha value is -3.82. The minimum absolute atomic E-state index is 0.0378. The van der Waals surface area contributed by atoms with Crippen molar-refractivity contribution in [2.45, 2.75) is 0 Å². The number of non-ortho nitro benzene ring substituents is 2. The highest BCUT2D eigenvalue weighted by Crippen LogP contribution is 2.24. The lowest BCUT2D eigenvalue weighted by atomic mass is 10.1. The topological polar surface area (TPSA) is 153 Å². The standard InChI is InChI=1S/C14H9N3O7/c18-13(15-12-4-2-1-3-11(12)14(19)20)8-5-9(16(21)22)7-10(6-8)17(23)24/h1-7H,(H,15,18)(H,19,20). The van der Waals surface area contributed by atoms with Crippen LogP contribution in [-0.4, -0.2) is 26.8 Å². The fraction of sp³-hybridized carbons (Fsp3) is 0. The number of nitrogens with zero attached hydrogens (tertiary/aromatic N) is 2. The number of hydrogen-bond acceptors (Lipinski definition) is 6. The van der Waals surface area contributed by atoms with Gasteiger partial charge in [0, 0.05) is 12.1 Å². The Balaban J connectivity index is 2.42. The van der Waals surface area contributed by atoms with Gasteiger partial charge in [0.25, 0.3) is 17.3 Å². The number of amides is 1. The summed E-state index contributed by atoms with van der Waals surface area (Å²) in [5, 5.41) is 33.0. The number of para-hydroxylation sites is 1. The minimum atomic E-state index is -1.28. The summed E-state index contributed by atoms with van der Waals surface area (Å²) in [4.78, 5) is 43.2. The Morgan fingerprint density at radius 3 is 2.00 bits per heavy atom. The highest BCUT2D eigenvalue weighted by Gasteiger charge is 2.21. The first-order valence-corrected chi connectivity index (χ1v) is 6.37. The van der Waals surface area contributed by atoms with Crippen LogP contribution in [0.5, 0.6) is 0 Å². The fourth-order valence-electron chi connectivity index (χ4n) is 1.91. The molecular weight excluding hydrogens is 322 g/mol. The molecule has 0 heterocycles. The SMILES string of the molecule is O=C(Nc1ccccc1C(=O)O)c1cc([N+](=O)[O-])cc([N+](=O)[O-])c1. The fourth-order valence-corrected chi connectivity index (χ4v) is 1.91. The maximum atomic E-state index is 12.2. The van der Waals surface area contributed by atoms with Crippen molar-refractivity contribution in [2.24, 2.45) is 0 Å². The smallest absolute Gasteiger partial charge is 0.337 e. The van der Waals surface area contributed by atoms with Gasteiger partial charge in [0.05, 0.1) is 32.7 Å². The number of anilines is 1. The number of nitro benzene ring substituents is 2. The van der Waals surface area contributed by atoms with Gasteiger partial charge < -0.3 is 10.4 Å². The number of aromatic carboxylic acids is 1. The highest BCUT2D eigenvalue weighted by atomic mass is 16.6. The molecule has 122 valence electrons. The molecule has 1 amide bonds. The maximum Gasteiger partial charge on any atom is 0.337 e. The summed E-state index contributed by atoms with van der Waals surface area (Å²) in [5.41, 5.74) is -1.81. The number of nitro groups is 2. The van der Waals surface area contributed by atoms with Gasteiger partial charge in [-0.1, -0.05) is 12.1 Å². The van der Waals surface area contributed by atoms with E-state index in [1.807, 2.05) is 0 Å². The Labute approximate surface area is 133 Å². The molecule has 0 saturated heterocycles. The van der Waals surface area contributed by atoms with E-state index in [1.54, 1.807) is 0 Å². The van der Waals surface area contributed by atoms with E-state index in [1.165, 1.54) is 24.3 Å². The molecule has 2 N–H and O–H groups in total. The average Bonchev–Trinajstić information content (AvgIpc) is 2.54. The van der Waals surface area contributed by atoms with Crippen LogP contribution in [0.2, 0.25) is 0 Å². The van der Waals surface area contributed by atoms with Gasteiger partial charge in [-0.2, -0.15) is 0 Å². The molecular formula is C14H9N3O7. The molecule has 0 spiro atoms. The Morgan fingerprint density at radius 1 is 0.958 bits per heavy atom. The molecule has 0 aliphatic rings. The normalized spacial score (nSPS) is 10.0. The van der Waals surface area contributed by atoms with Gasteiger partial charge in [-0.05, 0) is 12.1 Å². The summed E-state index contributed by atoms with van der Waals surface area (Å²) in [6.45, 7) is 0. The molecule has 10 heteroatoms. The van der Waals surface area contributed by atoms with E-state index < -0.39 is 33.1 Å². The Morgan fingerprint density at radius 2 is 1.50 bits per heavy atom.